The third-order valence-corrected chi connectivity index (χ3v) is 5.92. The number of aromatic nitrogens is 2. The van der Waals surface area contributed by atoms with Gasteiger partial charge in [0, 0.05) is 37.3 Å². The first-order valence-electron chi connectivity index (χ1n) is 11.0. The number of hydrogen-bond donors (Lipinski definition) is 0. The molecule has 32 heavy (non-hydrogen) atoms. The molecule has 1 aliphatic rings. The van der Waals surface area contributed by atoms with Crippen molar-refractivity contribution in [1.29, 1.82) is 0 Å². The summed E-state index contributed by atoms with van der Waals surface area (Å²) in [5, 5.41) is 8.84. The number of carbonyl (C=O) groups excluding carboxylic acids is 1. The molecule has 0 spiro atoms. The van der Waals surface area contributed by atoms with Gasteiger partial charge >= 0.3 is 0 Å². The van der Waals surface area contributed by atoms with Crippen LogP contribution in [0.5, 0.6) is 5.75 Å². The van der Waals surface area contributed by atoms with Gasteiger partial charge in [0.15, 0.2) is 5.82 Å². The minimum Gasteiger partial charge on any atom is -0.496 e. The fourth-order valence-corrected chi connectivity index (χ4v) is 3.93. The Balaban J connectivity index is 1.39. The summed E-state index contributed by atoms with van der Waals surface area (Å²) in [4.78, 5) is 17.0. The van der Waals surface area contributed by atoms with E-state index in [-0.39, 0.29) is 11.3 Å². The molecule has 0 aliphatic carbocycles. The number of carbonyl (C=O) groups is 1. The van der Waals surface area contributed by atoms with E-state index >= 15 is 0 Å². The quantitative estimate of drug-likeness (QED) is 0.614. The van der Waals surface area contributed by atoms with Crippen molar-refractivity contribution in [2.24, 2.45) is 0 Å². The van der Waals surface area contributed by atoms with Crippen molar-refractivity contribution in [1.82, 2.24) is 15.1 Å². The smallest absolute Gasteiger partial charge is 0.253 e. The first-order valence-corrected chi connectivity index (χ1v) is 11.0. The zero-order valence-electron chi connectivity index (χ0n) is 19.2. The van der Waals surface area contributed by atoms with Crippen LogP contribution in [0.3, 0.4) is 0 Å². The molecule has 0 bridgehead atoms. The van der Waals surface area contributed by atoms with E-state index in [0.29, 0.717) is 13.1 Å². The summed E-state index contributed by atoms with van der Waals surface area (Å²) in [6, 6.07) is 19.7. The Labute approximate surface area is 189 Å². The van der Waals surface area contributed by atoms with E-state index in [4.69, 9.17) is 4.74 Å². The van der Waals surface area contributed by atoms with Crippen LogP contribution in [-0.2, 0) is 5.41 Å². The van der Waals surface area contributed by atoms with Gasteiger partial charge in [-0.2, -0.15) is 0 Å². The number of hydrogen-bond acceptors (Lipinski definition) is 5. The van der Waals surface area contributed by atoms with Crippen molar-refractivity contribution in [2.45, 2.75) is 26.2 Å². The van der Waals surface area contributed by atoms with Gasteiger partial charge in [-0.05, 0) is 47.4 Å². The Hall–Kier alpha value is -3.41. The molecule has 1 saturated heterocycles. The first kappa shape index (κ1) is 21.8. The van der Waals surface area contributed by atoms with Crippen LogP contribution in [0.2, 0.25) is 0 Å². The van der Waals surface area contributed by atoms with Crippen LogP contribution in [0.25, 0.3) is 11.3 Å². The summed E-state index contributed by atoms with van der Waals surface area (Å²) in [5.74, 6) is 1.69. The van der Waals surface area contributed by atoms with Gasteiger partial charge < -0.3 is 14.5 Å². The molecule has 3 aromatic rings. The second-order valence-corrected chi connectivity index (χ2v) is 9.08. The van der Waals surface area contributed by atoms with Gasteiger partial charge in [-0.3, -0.25) is 4.79 Å². The Bertz CT molecular complexity index is 1060. The van der Waals surface area contributed by atoms with Gasteiger partial charge in [0.05, 0.1) is 12.8 Å². The molecular weight excluding hydrogens is 400 g/mol. The normalized spacial score (nSPS) is 14.4. The summed E-state index contributed by atoms with van der Waals surface area (Å²) >= 11 is 0. The highest BCUT2D eigenvalue weighted by molar-refractivity contribution is 5.94. The number of ether oxygens (including phenoxy) is 1. The molecule has 0 radical (unpaired) electrons. The lowest BCUT2D eigenvalue weighted by Gasteiger charge is -2.35. The van der Waals surface area contributed by atoms with Crippen LogP contribution in [0, 0.1) is 0 Å². The van der Waals surface area contributed by atoms with Crippen molar-refractivity contribution in [3.63, 3.8) is 0 Å². The summed E-state index contributed by atoms with van der Waals surface area (Å²) in [6.45, 7) is 9.31. The maximum atomic E-state index is 12.9. The molecule has 1 aliphatic heterocycles. The first-order chi connectivity index (χ1) is 15.4. The number of nitrogens with zero attached hydrogens (tertiary/aromatic N) is 4. The van der Waals surface area contributed by atoms with Gasteiger partial charge in [-0.25, -0.2) is 0 Å². The molecule has 1 aromatic heterocycles. The highest BCUT2D eigenvalue weighted by atomic mass is 16.5. The predicted molar refractivity (Wildman–Crippen MR) is 127 cm³/mol. The van der Waals surface area contributed by atoms with E-state index in [2.05, 4.69) is 48.0 Å². The van der Waals surface area contributed by atoms with Gasteiger partial charge in [-0.1, -0.05) is 45.0 Å². The molecule has 0 saturated carbocycles. The second kappa shape index (κ2) is 8.99. The monoisotopic (exact) mass is 430 g/mol. The Morgan fingerprint density at radius 3 is 2.16 bits per heavy atom. The number of piperazine rings is 1. The van der Waals surface area contributed by atoms with Gasteiger partial charge in [0.2, 0.25) is 0 Å². The van der Waals surface area contributed by atoms with Crippen molar-refractivity contribution >= 4 is 11.7 Å². The molecule has 6 nitrogen and oxygen atoms in total. The van der Waals surface area contributed by atoms with E-state index < -0.39 is 0 Å². The second-order valence-electron chi connectivity index (χ2n) is 9.08. The summed E-state index contributed by atoms with van der Waals surface area (Å²) < 4.78 is 5.42. The highest BCUT2D eigenvalue weighted by Gasteiger charge is 2.24. The molecule has 4 rings (SSSR count). The number of para-hydroxylation sites is 1. The van der Waals surface area contributed by atoms with E-state index in [0.717, 1.165) is 41.5 Å². The molecule has 0 atom stereocenters. The lowest BCUT2D eigenvalue weighted by molar-refractivity contribution is 0.0746. The van der Waals surface area contributed by atoms with Crippen molar-refractivity contribution < 1.29 is 9.53 Å². The summed E-state index contributed by atoms with van der Waals surface area (Å²) in [7, 11) is 1.65. The minimum absolute atomic E-state index is 0.0788. The predicted octanol–water partition coefficient (Wildman–Crippen LogP) is 4.41. The molecule has 1 amide bonds. The lowest BCUT2D eigenvalue weighted by atomic mass is 9.86. The van der Waals surface area contributed by atoms with Crippen molar-refractivity contribution in [2.75, 3.05) is 38.2 Å². The van der Waals surface area contributed by atoms with Crippen LogP contribution in [0.4, 0.5) is 5.82 Å². The summed E-state index contributed by atoms with van der Waals surface area (Å²) in [6.07, 6.45) is 0. The van der Waals surface area contributed by atoms with Crippen LogP contribution < -0.4 is 9.64 Å². The van der Waals surface area contributed by atoms with Gasteiger partial charge in [0.1, 0.15) is 5.75 Å². The van der Waals surface area contributed by atoms with E-state index in [1.165, 1.54) is 5.56 Å². The number of benzene rings is 2. The Kier molecular flexibility index (Phi) is 6.12. The van der Waals surface area contributed by atoms with E-state index in [9.17, 15) is 4.79 Å². The van der Waals surface area contributed by atoms with E-state index in [1.54, 1.807) is 7.11 Å². The molecule has 6 heteroatoms. The zero-order valence-corrected chi connectivity index (χ0v) is 19.2. The standard InChI is InChI=1S/C26H30N4O2/c1-26(2,3)20-11-9-19(10-12-20)25(31)30-17-15-29(16-18-30)24-14-13-22(27-28-24)21-7-5-6-8-23(21)32-4/h5-14H,15-18H2,1-4H3. The fourth-order valence-electron chi connectivity index (χ4n) is 3.93. The molecular formula is C26H30N4O2. The van der Waals surface area contributed by atoms with Crippen LogP contribution in [0.1, 0.15) is 36.7 Å². The zero-order chi connectivity index (χ0) is 22.7. The minimum atomic E-state index is 0.0788. The maximum Gasteiger partial charge on any atom is 0.253 e. The van der Waals surface area contributed by atoms with Crippen molar-refractivity contribution in [3.05, 3.63) is 71.8 Å². The SMILES string of the molecule is COc1ccccc1-c1ccc(N2CCN(C(=O)c3ccc(C(C)(C)C)cc3)CC2)nn1. The van der Waals surface area contributed by atoms with E-state index in [1.807, 2.05) is 53.4 Å². The average molecular weight is 431 g/mol. The summed E-state index contributed by atoms with van der Waals surface area (Å²) in [5.41, 5.74) is 3.75. The molecule has 2 aromatic carbocycles. The molecule has 2 heterocycles. The third-order valence-electron chi connectivity index (χ3n) is 5.92. The average Bonchev–Trinajstić information content (AvgIpc) is 2.83. The Morgan fingerprint density at radius 1 is 0.875 bits per heavy atom. The third kappa shape index (κ3) is 4.59. The topological polar surface area (TPSA) is 58.6 Å². The number of anilines is 1. The van der Waals surface area contributed by atoms with Crippen LogP contribution >= 0.6 is 0 Å². The molecule has 1 fully saturated rings. The number of rotatable bonds is 4. The number of methoxy groups -OCH3 is 1. The van der Waals surface area contributed by atoms with Crippen LogP contribution in [-0.4, -0.2) is 54.3 Å². The molecule has 166 valence electrons. The highest BCUT2D eigenvalue weighted by Crippen LogP contribution is 2.28. The number of amides is 1. The largest absolute Gasteiger partial charge is 0.496 e. The Morgan fingerprint density at radius 2 is 1.56 bits per heavy atom. The lowest BCUT2D eigenvalue weighted by Crippen LogP contribution is -2.49. The molecule has 0 unspecified atom stereocenters. The van der Waals surface area contributed by atoms with Crippen molar-refractivity contribution in [3.8, 4) is 17.0 Å². The van der Waals surface area contributed by atoms with Gasteiger partial charge in [-0.15, -0.1) is 10.2 Å². The van der Waals surface area contributed by atoms with Gasteiger partial charge in [0.25, 0.3) is 5.91 Å². The molecule has 0 N–H and O–H groups in total. The fraction of sp³-hybridized carbons (Fsp3) is 0.346. The maximum absolute atomic E-state index is 12.9. The van der Waals surface area contributed by atoms with Crippen LogP contribution in [0.15, 0.2) is 60.7 Å².